The van der Waals surface area contributed by atoms with E-state index in [4.69, 9.17) is 0 Å². The standard InChI is InChI=1S/C8H7FO2.H3N/c1-6(10)11-8-4-2-7(9)3-5-8;/h2-5H,1H3;1H3. The third-order valence-electron chi connectivity index (χ3n) is 1.08. The van der Waals surface area contributed by atoms with Crippen LogP contribution < -0.4 is 10.9 Å². The quantitative estimate of drug-likeness (QED) is 0.518. The lowest BCUT2D eigenvalue weighted by atomic mass is 10.3. The van der Waals surface area contributed by atoms with Crippen LogP contribution in [0.15, 0.2) is 24.3 Å². The van der Waals surface area contributed by atoms with Crippen LogP contribution in [0.4, 0.5) is 4.39 Å². The van der Waals surface area contributed by atoms with Crippen molar-refractivity contribution in [1.82, 2.24) is 6.15 Å². The summed E-state index contributed by atoms with van der Waals surface area (Å²) in [6, 6.07) is 5.27. The van der Waals surface area contributed by atoms with Crippen LogP contribution in [0.2, 0.25) is 0 Å². The van der Waals surface area contributed by atoms with Crippen LogP contribution in [0, 0.1) is 5.82 Å². The van der Waals surface area contributed by atoms with Gasteiger partial charge in [0.15, 0.2) is 0 Å². The predicted molar refractivity (Wildman–Crippen MR) is 42.7 cm³/mol. The maximum atomic E-state index is 12.3. The zero-order valence-electron chi connectivity index (χ0n) is 6.71. The van der Waals surface area contributed by atoms with Gasteiger partial charge in [0.2, 0.25) is 0 Å². The highest BCUT2D eigenvalue weighted by Gasteiger charge is 1.96. The summed E-state index contributed by atoms with van der Waals surface area (Å²) in [5.41, 5.74) is 0. The minimum atomic E-state index is -0.406. The monoisotopic (exact) mass is 171 g/mol. The molecule has 0 radical (unpaired) electrons. The lowest BCUT2D eigenvalue weighted by Crippen LogP contribution is -2.00. The molecule has 0 aliphatic rings. The van der Waals surface area contributed by atoms with Crippen molar-refractivity contribution in [3.8, 4) is 5.75 Å². The summed E-state index contributed by atoms with van der Waals surface area (Å²) in [6.07, 6.45) is 0. The second-order valence-electron chi connectivity index (χ2n) is 2.05. The van der Waals surface area contributed by atoms with Gasteiger partial charge in [0.05, 0.1) is 0 Å². The summed E-state index contributed by atoms with van der Waals surface area (Å²) in [5.74, 6) is -0.392. The fourth-order valence-electron chi connectivity index (χ4n) is 0.669. The average Bonchev–Trinajstić information content (AvgIpc) is 1.93. The number of esters is 1. The van der Waals surface area contributed by atoms with Crippen LogP contribution in [-0.4, -0.2) is 5.97 Å². The van der Waals surface area contributed by atoms with E-state index in [0.717, 1.165) is 0 Å². The molecule has 4 heteroatoms. The van der Waals surface area contributed by atoms with Crippen LogP contribution in [0.3, 0.4) is 0 Å². The molecule has 0 aliphatic carbocycles. The minimum Gasteiger partial charge on any atom is -0.427 e. The molecule has 0 atom stereocenters. The number of carbonyl (C=O) groups excluding carboxylic acids is 1. The molecule has 0 saturated heterocycles. The maximum absolute atomic E-state index is 12.3. The Labute approximate surface area is 69.7 Å². The van der Waals surface area contributed by atoms with E-state index >= 15 is 0 Å². The number of halogens is 1. The molecule has 12 heavy (non-hydrogen) atoms. The number of hydrogen-bond acceptors (Lipinski definition) is 3. The lowest BCUT2D eigenvalue weighted by molar-refractivity contribution is -0.131. The Morgan fingerprint density at radius 2 is 1.83 bits per heavy atom. The van der Waals surface area contributed by atoms with Gasteiger partial charge in [-0.2, -0.15) is 0 Å². The molecule has 0 aliphatic heterocycles. The summed E-state index contributed by atoms with van der Waals surface area (Å²) >= 11 is 0. The Bertz CT molecular complexity index is 258. The number of hydrogen-bond donors (Lipinski definition) is 1. The molecule has 1 rings (SSSR count). The molecule has 0 fully saturated rings. The van der Waals surface area contributed by atoms with Crippen LogP contribution in [0.5, 0.6) is 5.75 Å². The largest absolute Gasteiger partial charge is 0.427 e. The van der Waals surface area contributed by atoms with Gasteiger partial charge in [-0.25, -0.2) is 4.39 Å². The molecule has 3 nitrogen and oxygen atoms in total. The Kier molecular flexibility index (Phi) is 3.93. The minimum absolute atomic E-state index is 0. The van der Waals surface area contributed by atoms with Gasteiger partial charge in [0, 0.05) is 6.92 Å². The van der Waals surface area contributed by atoms with Crippen molar-refractivity contribution in [1.29, 1.82) is 0 Å². The molecule has 0 spiro atoms. The first-order valence-electron chi connectivity index (χ1n) is 3.12. The molecule has 66 valence electrons. The van der Waals surface area contributed by atoms with Gasteiger partial charge >= 0.3 is 5.97 Å². The zero-order chi connectivity index (χ0) is 8.27. The Hall–Kier alpha value is -1.42. The highest BCUT2D eigenvalue weighted by Crippen LogP contribution is 2.10. The van der Waals surface area contributed by atoms with E-state index in [1.165, 1.54) is 31.2 Å². The van der Waals surface area contributed by atoms with E-state index in [1.807, 2.05) is 0 Å². The summed E-state index contributed by atoms with van der Waals surface area (Å²) < 4.78 is 16.9. The third kappa shape index (κ3) is 3.12. The Morgan fingerprint density at radius 1 is 1.33 bits per heavy atom. The second kappa shape index (κ2) is 4.46. The third-order valence-corrected chi connectivity index (χ3v) is 1.08. The van der Waals surface area contributed by atoms with Crippen molar-refractivity contribution >= 4 is 5.97 Å². The number of benzene rings is 1. The van der Waals surface area contributed by atoms with Gasteiger partial charge < -0.3 is 10.9 Å². The first-order chi connectivity index (χ1) is 5.18. The smallest absolute Gasteiger partial charge is 0.308 e. The number of carbonyl (C=O) groups is 1. The molecule has 1 aromatic rings. The maximum Gasteiger partial charge on any atom is 0.308 e. The second-order valence-corrected chi connectivity index (χ2v) is 2.05. The van der Waals surface area contributed by atoms with Gasteiger partial charge in [-0.3, -0.25) is 4.79 Å². The molecule has 0 aromatic heterocycles. The van der Waals surface area contributed by atoms with E-state index in [-0.39, 0.29) is 12.0 Å². The summed E-state index contributed by atoms with van der Waals surface area (Å²) in [7, 11) is 0. The van der Waals surface area contributed by atoms with Gasteiger partial charge in [0.1, 0.15) is 11.6 Å². The first kappa shape index (κ1) is 10.6. The van der Waals surface area contributed by atoms with Crippen LogP contribution in [-0.2, 0) is 4.79 Å². The average molecular weight is 171 g/mol. The molecule has 0 heterocycles. The fourth-order valence-corrected chi connectivity index (χ4v) is 0.669. The van der Waals surface area contributed by atoms with Crippen molar-refractivity contribution in [2.24, 2.45) is 0 Å². The molecule has 1 aromatic carbocycles. The first-order valence-corrected chi connectivity index (χ1v) is 3.12. The van der Waals surface area contributed by atoms with E-state index in [1.54, 1.807) is 0 Å². The van der Waals surface area contributed by atoms with Crippen molar-refractivity contribution in [2.75, 3.05) is 0 Å². The topological polar surface area (TPSA) is 61.3 Å². The van der Waals surface area contributed by atoms with Crippen LogP contribution >= 0.6 is 0 Å². The summed E-state index contributed by atoms with van der Waals surface area (Å²) in [5, 5.41) is 0. The molecule has 0 saturated carbocycles. The van der Waals surface area contributed by atoms with E-state index in [2.05, 4.69) is 4.74 Å². The number of ether oxygens (including phenoxy) is 1. The summed E-state index contributed by atoms with van der Waals surface area (Å²) in [6.45, 7) is 1.29. The number of rotatable bonds is 1. The van der Waals surface area contributed by atoms with E-state index in [9.17, 15) is 9.18 Å². The van der Waals surface area contributed by atoms with E-state index in [0.29, 0.717) is 5.75 Å². The van der Waals surface area contributed by atoms with Gasteiger partial charge in [0.25, 0.3) is 0 Å². The zero-order valence-corrected chi connectivity index (χ0v) is 6.71. The molecular formula is C8H10FNO2. The Balaban J connectivity index is 0.00000121. The molecule has 0 unspecified atom stereocenters. The lowest BCUT2D eigenvalue weighted by Gasteiger charge is -1.98. The van der Waals surface area contributed by atoms with Gasteiger partial charge in [-0.05, 0) is 24.3 Å². The molecule has 0 amide bonds. The highest BCUT2D eigenvalue weighted by atomic mass is 19.1. The van der Waals surface area contributed by atoms with Crippen molar-refractivity contribution in [2.45, 2.75) is 6.92 Å². The van der Waals surface area contributed by atoms with Crippen molar-refractivity contribution in [3.05, 3.63) is 30.1 Å². The van der Waals surface area contributed by atoms with E-state index < -0.39 is 5.97 Å². The highest BCUT2D eigenvalue weighted by molar-refractivity contribution is 5.69. The SMILES string of the molecule is CC(=O)Oc1ccc(F)cc1.N. The molecule has 0 bridgehead atoms. The fraction of sp³-hybridized carbons (Fsp3) is 0.125. The van der Waals surface area contributed by atoms with Crippen molar-refractivity contribution < 1.29 is 13.9 Å². The Morgan fingerprint density at radius 3 is 2.25 bits per heavy atom. The van der Waals surface area contributed by atoms with Crippen LogP contribution in [0.1, 0.15) is 6.92 Å². The van der Waals surface area contributed by atoms with Crippen molar-refractivity contribution in [3.63, 3.8) is 0 Å². The normalized spacial score (nSPS) is 8.50. The predicted octanol–water partition coefficient (Wildman–Crippen LogP) is 1.91. The summed E-state index contributed by atoms with van der Waals surface area (Å²) in [4.78, 5) is 10.4. The van der Waals surface area contributed by atoms with Crippen LogP contribution in [0.25, 0.3) is 0 Å². The van der Waals surface area contributed by atoms with Gasteiger partial charge in [-0.1, -0.05) is 0 Å². The van der Waals surface area contributed by atoms with Gasteiger partial charge in [-0.15, -0.1) is 0 Å². The molecule has 3 N–H and O–H groups in total. The molecular weight excluding hydrogens is 161 g/mol.